The zero-order chi connectivity index (χ0) is 15.2. The molecule has 1 spiro atoms. The molecule has 5 nitrogen and oxygen atoms in total. The smallest absolute Gasteiger partial charge is 0.270 e. The first-order chi connectivity index (χ1) is 10.7. The van der Waals surface area contributed by atoms with Gasteiger partial charge in [-0.3, -0.25) is 4.79 Å². The second-order valence-electron chi connectivity index (χ2n) is 5.79. The molecule has 0 saturated carbocycles. The van der Waals surface area contributed by atoms with Crippen LogP contribution in [0.25, 0.3) is 10.9 Å². The molecule has 2 aliphatic heterocycles. The summed E-state index contributed by atoms with van der Waals surface area (Å²) in [4.78, 5) is 17.2. The fourth-order valence-corrected chi connectivity index (χ4v) is 3.24. The predicted molar refractivity (Wildman–Crippen MR) is 78.0 cm³/mol. The molecule has 1 amide bonds. The summed E-state index contributed by atoms with van der Waals surface area (Å²) in [5.41, 5.74) is 0.797. The number of rotatable bonds is 1. The van der Waals surface area contributed by atoms with E-state index in [-0.39, 0.29) is 11.7 Å². The van der Waals surface area contributed by atoms with E-state index in [9.17, 15) is 9.18 Å². The van der Waals surface area contributed by atoms with Crippen molar-refractivity contribution in [2.75, 3.05) is 26.3 Å². The number of piperidine rings is 1. The van der Waals surface area contributed by atoms with Crippen molar-refractivity contribution in [3.05, 3.63) is 35.8 Å². The maximum atomic E-state index is 13.7. The van der Waals surface area contributed by atoms with Gasteiger partial charge in [-0.2, -0.15) is 0 Å². The zero-order valence-electron chi connectivity index (χ0n) is 12.1. The first kappa shape index (κ1) is 13.7. The number of fused-ring (bicyclic) bond motifs is 1. The van der Waals surface area contributed by atoms with Crippen LogP contribution in [-0.2, 0) is 9.47 Å². The van der Waals surface area contributed by atoms with Gasteiger partial charge in [-0.25, -0.2) is 4.39 Å². The molecule has 2 aromatic rings. The SMILES string of the molecule is O=C(c1cc2cccc(F)c2[nH]1)N1CCC2(CC1)OCCO2. The number of nitrogens with zero attached hydrogens (tertiary/aromatic N) is 1. The van der Waals surface area contributed by atoms with Gasteiger partial charge in [-0.05, 0) is 12.1 Å². The highest BCUT2D eigenvalue weighted by Gasteiger charge is 2.41. The molecule has 6 heteroatoms. The molecular formula is C16H17FN2O3. The Kier molecular flexibility index (Phi) is 3.16. The van der Waals surface area contributed by atoms with Crippen molar-refractivity contribution < 1.29 is 18.7 Å². The Morgan fingerprint density at radius 1 is 1.23 bits per heavy atom. The van der Waals surface area contributed by atoms with Crippen LogP contribution in [0.1, 0.15) is 23.3 Å². The molecule has 3 heterocycles. The van der Waals surface area contributed by atoms with E-state index in [0.717, 1.165) is 0 Å². The number of carbonyl (C=O) groups excluding carboxylic acids is 1. The second-order valence-corrected chi connectivity index (χ2v) is 5.79. The first-order valence-corrected chi connectivity index (χ1v) is 7.51. The molecule has 1 N–H and O–H groups in total. The van der Waals surface area contributed by atoms with Gasteiger partial charge in [0.2, 0.25) is 0 Å². The number of likely N-dealkylation sites (tertiary alicyclic amines) is 1. The Bertz CT molecular complexity index is 711. The highest BCUT2D eigenvalue weighted by Crippen LogP contribution is 2.32. The van der Waals surface area contributed by atoms with E-state index in [1.807, 2.05) is 0 Å². The van der Waals surface area contributed by atoms with Crippen molar-refractivity contribution in [2.45, 2.75) is 18.6 Å². The summed E-state index contributed by atoms with van der Waals surface area (Å²) < 4.78 is 25.0. The summed E-state index contributed by atoms with van der Waals surface area (Å²) in [5.74, 6) is -0.950. The first-order valence-electron chi connectivity index (χ1n) is 7.51. The monoisotopic (exact) mass is 304 g/mol. The number of aromatic amines is 1. The maximum absolute atomic E-state index is 13.7. The van der Waals surface area contributed by atoms with Crippen molar-refractivity contribution in [1.82, 2.24) is 9.88 Å². The van der Waals surface area contributed by atoms with Crippen LogP contribution in [0.2, 0.25) is 0 Å². The van der Waals surface area contributed by atoms with Crippen LogP contribution in [0.3, 0.4) is 0 Å². The van der Waals surface area contributed by atoms with Gasteiger partial charge < -0.3 is 19.4 Å². The third-order valence-corrected chi connectivity index (χ3v) is 4.46. The van der Waals surface area contributed by atoms with Crippen molar-refractivity contribution in [2.24, 2.45) is 0 Å². The number of aromatic nitrogens is 1. The summed E-state index contributed by atoms with van der Waals surface area (Å²) >= 11 is 0. The van der Waals surface area contributed by atoms with Gasteiger partial charge >= 0.3 is 0 Å². The fourth-order valence-electron chi connectivity index (χ4n) is 3.24. The summed E-state index contributed by atoms with van der Waals surface area (Å²) in [6, 6.07) is 6.51. The predicted octanol–water partition coefficient (Wildman–Crippen LogP) is 2.29. The lowest BCUT2D eigenvalue weighted by atomic mass is 10.0. The van der Waals surface area contributed by atoms with Gasteiger partial charge in [-0.15, -0.1) is 0 Å². The Balaban J connectivity index is 1.53. The van der Waals surface area contributed by atoms with Crippen LogP contribution < -0.4 is 0 Å². The highest BCUT2D eigenvalue weighted by molar-refractivity contribution is 5.98. The van der Waals surface area contributed by atoms with Crippen LogP contribution in [0.4, 0.5) is 4.39 Å². The third kappa shape index (κ3) is 2.19. The van der Waals surface area contributed by atoms with Crippen LogP contribution in [0.5, 0.6) is 0 Å². The number of nitrogens with one attached hydrogen (secondary N) is 1. The van der Waals surface area contributed by atoms with Gasteiger partial charge in [0.15, 0.2) is 5.79 Å². The molecule has 2 saturated heterocycles. The van der Waals surface area contributed by atoms with Gasteiger partial charge in [0.1, 0.15) is 11.5 Å². The number of benzene rings is 1. The number of para-hydroxylation sites is 1. The van der Waals surface area contributed by atoms with Gasteiger partial charge in [0.25, 0.3) is 5.91 Å². The number of hydrogen-bond donors (Lipinski definition) is 1. The molecule has 0 bridgehead atoms. The molecule has 22 heavy (non-hydrogen) atoms. The molecule has 1 aromatic heterocycles. The van der Waals surface area contributed by atoms with Crippen molar-refractivity contribution in [3.63, 3.8) is 0 Å². The van der Waals surface area contributed by atoms with Crippen LogP contribution >= 0.6 is 0 Å². The molecule has 116 valence electrons. The molecule has 0 unspecified atom stereocenters. The van der Waals surface area contributed by atoms with Crippen molar-refractivity contribution in [1.29, 1.82) is 0 Å². The Morgan fingerprint density at radius 2 is 1.95 bits per heavy atom. The summed E-state index contributed by atoms with van der Waals surface area (Å²) in [6.07, 6.45) is 1.35. The molecule has 0 atom stereocenters. The second kappa shape index (κ2) is 5.07. The van der Waals surface area contributed by atoms with Crippen molar-refractivity contribution in [3.8, 4) is 0 Å². The number of H-pyrrole nitrogens is 1. The van der Waals surface area contributed by atoms with E-state index in [0.29, 0.717) is 55.7 Å². The topological polar surface area (TPSA) is 54.6 Å². The molecule has 0 radical (unpaired) electrons. The van der Waals surface area contributed by atoms with E-state index in [1.54, 1.807) is 23.1 Å². The molecule has 1 aromatic carbocycles. The molecule has 2 aliphatic rings. The average molecular weight is 304 g/mol. The number of ether oxygens (including phenoxy) is 2. The van der Waals surface area contributed by atoms with E-state index in [1.165, 1.54) is 6.07 Å². The lowest BCUT2D eigenvalue weighted by molar-refractivity contribution is -0.181. The fraction of sp³-hybridized carbons (Fsp3) is 0.438. The van der Waals surface area contributed by atoms with E-state index in [4.69, 9.17) is 9.47 Å². The lowest BCUT2D eigenvalue weighted by Gasteiger charge is -2.37. The van der Waals surface area contributed by atoms with Crippen LogP contribution in [0, 0.1) is 5.82 Å². The van der Waals surface area contributed by atoms with Crippen LogP contribution in [-0.4, -0.2) is 47.9 Å². The highest BCUT2D eigenvalue weighted by atomic mass is 19.1. The average Bonchev–Trinajstić information content (AvgIpc) is 3.15. The Hall–Kier alpha value is -1.92. The molecule has 2 fully saturated rings. The summed E-state index contributed by atoms with van der Waals surface area (Å²) in [7, 11) is 0. The Morgan fingerprint density at radius 3 is 2.64 bits per heavy atom. The van der Waals surface area contributed by atoms with Gasteiger partial charge in [0.05, 0.1) is 18.7 Å². The molecule has 4 rings (SSSR count). The number of carbonyl (C=O) groups is 1. The number of halogens is 1. The van der Waals surface area contributed by atoms with Crippen molar-refractivity contribution >= 4 is 16.8 Å². The molecular weight excluding hydrogens is 287 g/mol. The largest absolute Gasteiger partial charge is 0.348 e. The minimum Gasteiger partial charge on any atom is -0.348 e. The minimum absolute atomic E-state index is 0.108. The number of hydrogen-bond acceptors (Lipinski definition) is 3. The quantitative estimate of drug-likeness (QED) is 0.879. The lowest BCUT2D eigenvalue weighted by Crippen LogP contribution is -2.47. The normalized spacial score (nSPS) is 20.9. The van der Waals surface area contributed by atoms with E-state index < -0.39 is 5.79 Å². The zero-order valence-corrected chi connectivity index (χ0v) is 12.1. The minimum atomic E-state index is -0.497. The van der Waals surface area contributed by atoms with E-state index >= 15 is 0 Å². The van der Waals surface area contributed by atoms with Gasteiger partial charge in [-0.1, -0.05) is 12.1 Å². The summed E-state index contributed by atoms with van der Waals surface area (Å²) in [5, 5.41) is 0.708. The third-order valence-electron chi connectivity index (χ3n) is 4.46. The molecule has 0 aliphatic carbocycles. The van der Waals surface area contributed by atoms with E-state index in [2.05, 4.69) is 4.98 Å². The van der Waals surface area contributed by atoms with Crippen LogP contribution in [0.15, 0.2) is 24.3 Å². The maximum Gasteiger partial charge on any atom is 0.270 e. The Labute approximate surface area is 127 Å². The van der Waals surface area contributed by atoms with Gasteiger partial charge in [0, 0.05) is 31.3 Å². The number of amides is 1. The standard InChI is InChI=1S/C16H17FN2O3/c17-12-3-1-2-11-10-13(18-14(11)12)15(20)19-6-4-16(5-7-19)21-8-9-22-16/h1-3,10,18H,4-9H2. The summed E-state index contributed by atoms with van der Waals surface area (Å²) in [6.45, 7) is 2.40.